The monoisotopic (exact) mass is 273 g/mol. The van der Waals surface area contributed by atoms with Gasteiger partial charge in [-0.1, -0.05) is 0 Å². The average molecular weight is 273 g/mol. The van der Waals surface area contributed by atoms with E-state index in [1.807, 2.05) is 0 Å². The van der Waals surface area contributed by atoms with Gasteiger partial charge in [-0.2, -0.15) is 0 Å². The molecule has 0 radical (unpaired) electrons. The Bertz CT molecular complexity index is 614. The number of hydrogen-bond acceptors (Lipinski definition) is 5. The van der Waals surface area contributed by atoms with Crippen molar-refractivity contribution in [1.82, 2.24) is 0 Å². The summed E-state index contributed by atoms with van der Waals surface area (Å²) >= 11 is 0. The summed E-state index contributed by atoms with van der Waals surface area (Å²) in [6.45, 7) is 0. The molecule has 0 aromatic heterocycles. The molecule has 1 aliphatic carbocycles. The Morgan fingerprint density at radius 2 is 2.10 bits per heavy atom. The molecule has 1 aromatic carbocycles. The van der Waals surface area contributed by atoms with Crippen molar-refractivity contribution in [3.8, 4) is 11.5 Å². The lowest BCUT2D eigenvalue weighted by Crippen LogP contribution is -2.05. The van der Waals surface area contributed by atoms with Gasteiger partial charge in [0.2, 0.25) is 5.90 Å². The van der Waals surface area contributed by atoms with Crippen LogP contribution >= 0.6 is 0 Å². The number of esters is 1. The largest absolute Gasteiger partial charge is 0.497 e. The summed E-state index contributed by atoms with van der Waals surface area (Å²) in [5.41, 5.74) is 1.04. The molecule has 5 nitrogen and oxygen atoms in total. The summed E-state index contributed by atoms with van der Waals surface area (Å²) in [7, 11) is 3.17. The molecule has 5 heteroatoms. The van der Waals surface area contributed by atoms with Crippen LogP contribution in [0.1, 0.15) is 18.4 Å². The van der Waals surface area contributed by atoms with Crippen LogP contribution in [0.3, 0.4) is 0 Å². The summed E-state index contributed by atoms with van der Waals surface area (Å²) in [5, 5.41) is 0. The van der Waals surface area contributed by atoms with E-state index >= 15 is 0 Å². The Kier molecular flexibility index (Phi) is 3.18. The van der Waals surface area contributed by atoms with E-state index in [4.69, 9.17) is 14.2 Å². The van der Waals surface area contributed by atoms with Crippen molar-refractivity contribution >= 4 is 17.9 Å². The molecule has 0 unspecified atom stereocenters. The van der Waals surface area contributed by atoms with Crippen molar-refractivity contribution in [3.63, 3.8) is 0 Å². The van der Waals surface area contributed by atoms with E-state index < -0.39 is 5.97 Å². The summed E-state index contributed by atoms with van der Waals surface area (Å²) in [6, 6.07) is 5.38. The van der Waals surface area contributed by atoms with Crippen molar-refractivity contribution in [1.29, 1.82) is 0 Å². The lowest BCUT2D eigenvalue weighted by molar-refractivity contribution is -0.130. The van der Waals surface area contributed by atoms with Gasteiger partial charge < -0.3 is 14.2 Å². The van der Waals surface area contributed by atoms with Crippen molar-refractivity contribution in [3.05, 3.63) is 29.5 Å². The van der Waals surface area contributed by atoms with Gasteiger partial charge >= 0.3 is 5.97 Å². The van der Waals surface area contributed by atoms with Gasteiger partial charge in [0, 0.05) is 11.5 Å². The highest BCUT2D eigenvalue weighted by Gasteiger charge is 2.35. The minimum Gasteiger partial charge on any atom is -0.497 e. The highest BCUT2D eigenvalue weighted by molar-refractivity contribution is 6.08. The molecule has 0 atom stereocenters. The molecule has 2 aliphatic rings. The molecule has 104 valence electrons. The first-order valence-corrected chi connectivity index (χ1v) is 6.45. The van der Waals surface area contributed by atoms with E-state index in [9.17, 15) is 4.79 Å². The first kappa shape index (κ1) is 12.7. The van der Waals surface area contributed by atoms with Crippen LogP contribution in [-0.2, 0) is 9.53 Å². The quantitative estimate of drug-likeness (QED) is 0.624. The third-order valence-corrected chi connectivity index (χ3v) is 3.29. The average Bonchev–Trinajstić information content (AvgIpc) is 3.25. The first-order valence-electron chi connectivity index (χ1n) is 6.45. The van der Waals surface area contributed by atoms with Crippen LogP contribution in [-0.4, -0.2) is 26.1 Å². The molecule has 3 rings (SSSR count). The second kappa shape index (κ2) is 5.00. The summed E-state index contributed by atoms with van der Waals surface area (Å²) in [6.07, 6.45) is 3.75. The van der Waals surface area contributed by atoms with Gasteiger partial charge in [-0.15, -0.1) is 0 Å². The van der Waals surface area contributed by atoms with Crippen molar-refractivity contribution in [2.75, 3.05) is 14.2 Å². The highest BCUT2D eigenvalue weighted by atomic mass is 16.6. The fraction of sp³-hybridized carbons (Fsp3) is 0.333. The second-order valence-corrected chi connectivity index (χ2v) is 4.75. The van der Waals surface area contributed by atoms with E-state index in [2.05, 4.69) is 4.99 Å². The van der Waals surface area contributed by atoms with Crippen LogP contribution in [0, 0.1) is 5.92 Å². The van der Waals surface area contributed by atoms with Gasteiger partial charge in [0.25, 0.3) is 0 Å². The molecule has 1 heterocycles. The summed E-state index contributed by atoms with van der Waals surface area (Å²) < 4.78 is 15.6. The molecular formula is C15H15NO4. The van der Waals surface area contributed by atoms with E-state index in [1.54, 1.807) is 38.5 Å². The van der Waals surface area contributed by atoms with E-state index in [0.717, 1.165) is 18.4 Å². The Hall–Kier alpha value is -2.30. The molecular weight excluding hydrogens is 258 g/mol. The van der Waals surface area contributed by atoms with Crippen LogP contribution in [0.15, 0.2) is 28.9 Å². The second-order valence-electron chi connectivity index (χ2n) is 4.75. The maximum Gasteiger partial charge on any atom is 0.363 e. The van der Waals surface area contributed by atoms with Crippen LogP contribution in [0.4, 0.5) is 0 Å². The minimum atomic E-state index is -0.406. The lowest BCUT2D eigenvalue weighted by Gasteiger charge is -2.07. The van der Waals surface area contributed by atoms with Gasteiger partial charge in [-0.05, 0) is 37.1 Å². The van der Waals surface area contributed by atoms with E-state index in [1.165, 1.54) is 0 Å². The number of benzene rings is 1. The maximum absolute atomic E-state index is 11.8. The molecule has 0 amide bonds. The van der Waals surface area contributed by atoms with Crippen molar-refractivity contribution in [2.24, 2.45) is 10.9 Å². The number of cyclic esters (lactones) is 1. The number of hydrogen-bond donors (Lipinski definition) is 0. The smallest absolute Gasteiger partial charge is 0.363 e. The molecule has 20 heavy (non-hydrogen) atoms. The zero-order valence-corrected chi connectivity index (χ0v) is 11.4. The highest BCUT2D eigenvalue weighted by Crippen LogP contribution is 2.35. The zero-order valence-electron chi connectivity index (χ0n) is 11.4. The predicted octanol–water partition coefficient (Wildman–Crippen LogP) is 2.41. The molecule has 0 bridgehead atoms. The van der Waals surface area contributed by atoms with Crippen LogP contribution in [0.5, 0.6) is 11.5 Å². The SMILES string of the molecule is COc1ccc(OC)c(/C=C2\N=C(C3CC3)OC2=O)c1. The predicted molar refractivity (Wildman–Crippen MR) is 73.8 cm³/mol. The van der Waals surface area contributed by atoms with Crippen molar-refractivity contribution in [2.45, 2.75) is 12.8 Å². The Morgan fingerprint density at radius 3 is 2.75 bits per heavy atom. The molecule has 0 N–H and O–H groups in total. The number of carbonyl (C=O) groups is 1. The number of aliphatic imine (C=N–C) groups is 1. The lowest BCUT2D eigenvalue weighted by atomic mass is 10.1. The Morgan fingerprint density at radius 1 is 1.30 bits per heavy atom. The fourth-order valence-corrected chi connectivity index (χ4v) is 2.03. The minimum absolute atomic E-state index is 0.304. The molecule has 1 saturated carbocycles. The summed E-state index contributed by atoms with van der Waals surface area (Å²) in [5.74, 6) is 1.80. The van der Waals surface area contributed by atoms with Gasteiger partial charge in [0.05, 0.1) is 14.2 Å². The van der Waals surface area contributed by atoms with Crippen LogP contribution < -0.4 is 9.47 Å². The van der Waals surface area contributed by atoms with Crippen LogP contribution in [0.2, 0.25) is 0 Å². The molecule has 1 aliphatic heterocycles. The zero-order chi connectivity index (χ0) is 14.1. The van der Waals surface area contributed by atoms with Crippen LogP contribution in [0.25, 0.3) is 6.08 Å². The normalized spacial score (nSPS) is 19.8. The third-order valence-electron chi connectivity index (χ3n) is 3.29. The van der Waals surface area contributed by atoms with E-state index in [0.29, 0.717) is 29.0 Å². The maximum atomic E-state index is 11.8. The van der Waals surface area contributed by atoms with Gasteiger partial charge in [-0.3, -0.25) is 0 Å². The molecule has 0 saturated heterocycles. The Balaban J connectivity index is 1.96. The topological polar surface area (TPSA) is 57.1 Å². The third kappa shape index (κ3) is 2.39. The summed E-state index contributed by atoms with van der Waals surface area (Å²) in [4.78, 5) is 16.1. The van der Waals surface area contributed by atoms with Crippen molar-refractivity contribution < 1.29 is 19.0 Å². The number of nitrogens with zero attached hydrogens (tertiary/aromatic N) is 1. The van der Waals surface area contributed by atoms with Gasteiger partial charge in [0.1, 0.15) is 11.5 Å². The molecule has 0 spiro atoms. The standard InChI is InChI=1S/C15H15NO4/c1-18-11-5-6-13(19-2)10(7-11)8-12-15(17)20-14(16-12)9-3-4-9/h5-9H,3-4H2,1-2H3/b12-8-. The molecule has 1 fully saturated rings. The number of carbonyl (C=O) groups excluding carboxylic acids is 1. The fourth-order valence-electron chi connectivity index (χ4n) is 2.03. The number of methoxy groups -OCH3 is 2. The van der Waals surface area contributed by atoms with Gasteiger partial charge in [-0.25, -0.2) is 9.79 Å². The molecule has 1 aromatic rings. The van der Waals surface area contributed by atoms with E-state index in [-0.39, 0.29) is 0 Å². The number of rotatable bonds is 4. The van der Waals surface area contributed by atoms with Gasteiger partial charge in [0.15, 0.2) is 5.70 Å². The number of ether oxygens (including phenoxy) is 3. The first-order chi connectivity index (χ1) is 9.71. The Labute approximate surface area is 116 Å².